The number of carbonyl (C=O) groups excluding carboxylic acids is 1. The Hall–Kier alpha value is -1.81. The van der Waals surface area contributed by atoms with Crippen molar-refractivity contribution < 1.29 is 14.3 Å². The van der Waals surface area contributed by atoms with Gasteiger partial charge in [0.2, 0.25) is 0 Å². The summed E-state index contributed by atoms with van der Waals surface area (Å²) in [5.41, 5.74) is 2.53. The molecule has 88 valence electrons. The van der Waals surface area contributed by atoms with Crippen LogP contribution in [0.25, 0.3) is 5.70 Å². The lowest BCUT2D eigenvalue weighted by molar-refractivity contribution is 0.0712. The predicted molar refractivity (Wildman–Crippen MR) is 62.2 cm³/mol. The summed E-state index contributed by atoms with van der Waals surface area (Å²) in [7, 11) is 0. The Morgan fingerprint density at radius 2 is 1.88 bits per heavy atom. The van der Waals surface area contributed by atoms with Gasteiger partial charge in [0.25, 0.3) is 5.91 Å². The second kappa shape index (κ2) is 4.22. The first-order chi connectivity index (χ1) is 8.38. The van der Waals surface area contributed by atoms with Crippen molar-refractivity contribution in [2.45, 2.75) is 0 Å². The van der Waals surface area contributed by atoms with Gasteiger partial charge in [-0.3, -0.25) is 4.79 Å². The summed E-state index contributed by atoms with van der Waals surface area (Å²) >= 11 is 0. The average molecular weight is 231 g/mol. The molecule has 0 bridgehead atoms. The van der Waals surface area contributed by atoms with E-state index in [1.165, 1.54) is 0 Å². The summed E-state index contributed by atoms with van der Waals surface area (Å²) in [6.07, 6.45) is 1.67. The van der Waals surface area contributed by atoms with Gasteiger partial charge in [0, 0.05) is 17.7 Å². The lowest BCUT2D eigenvalue weighted by atomic mass is 10.1. The zero-order chi connectivity index (χ0) is 11.7. The lowest BCUT2D eigenvalue weighted by Crippen LogP contribution is -2.27. The molecule has 0 N–H and O–H groups in total. The minimum Gasteiger partial charge on any atom is -0.497 e. The molecule has 0 radical (unpaired) electrons. The van der Waals surface area contributed by atoms with E-state index in [2.05, 4.69) is 0 Å². The number of nitrogens with zero attached hydrogens (tertiary/aromatic N) is 1. The third kappa shape index (κ3) is 1.70. The predicted octanol–water partition coefficient (Wildman–Crippen LogP) is 1.49. The minimum absolute atomic E-state index is 0.0287. The minimum atomic E-state index is 0.0287. The monoisotopic (exact) mass is 231 g/mol. The highest BCUT2D eigenvalue weighted by Crippen LogP contribution is 2.32. The fourth-order valence-corrected chi connectivity index (χ4v) is 2.15. The van der Waals surface area contributed by atoms with Gasteiger partial charge in [-0.2, -0.15) is 0 Å². The van der Waals surface area contributed by atoms with Crippen molar-refractivity contribution in [1.82, 2.24) is 4.90 Å². The molecular weight excluding hydrogens is 218 g/mol. The number of benzene rings is 1. The first-order valence-corrected chi connectivity index (χ1v) is 5.69. The molecule has 1 aromatic carbocycles. The van der Waals surface area contributed by atoms with E-state index < -0.39 is 0 Å². The molecule has 1 aromatic rings. The summed E-state index contributed by atoms with van der Waals surface area (Å²) in [6.45, 7) is 2.20. The van der Waals surface area contributed by atoms with Gasteiger partial charge in [-0.15, -0.1) is 0 Å². The van der Waals surface area contributed by atoms with E-state index in [0.717, 1.165) is 16.8 Å². The van der Waals surface area contributed by atoms with E-state index in [-0.39, 0.29) is 5.91 Å². The zero-order valence-corrected chi connectivity index (χ0v) is 9.39. The van der Waals surface area contributed by atoms with Crippen LogP contribution in [0.4, 0.5) is 0 Å². The Bertz CT molecular complexity index is 481. The molecule has 0 unspecified atom stereocenters. The topological polar surface area (TPSA) is 38.8 Å². The van der Waals surface area contributed by atoms with Gasteiger partial charge in [-0.25, -0.2) is 0 Å². The summed E-state index contributed by atoms with van der Waals surface area (Å²) in [5, 5.41) is 0. The number of rotatable bonds is 0. The molecule has 3 rings (SSSR count). The van der Waals surface area contributed by atoms with Crippen molar-refractivity contribution in [1.29, 1.82) is 0 Å². The smallest absolute Gasteiger partial charge is 0.259 e. The number of carbonyl (C=O) groups is 1. The van der Waals surface area contributed by atoms with Crippen molar-refractivity contribution in [3.8, 4) is 0 Å². The van der Waals surface area contributed by atoms with Crippen LogP contribution in [-0.2, 0) is 9.47 Å². The van der Waals surface area contributed by atoms with E-state index in [1.54, 1.807) is 11.2 Å². The molecule has 4 nitrogen and oxygen atoms in total. The SMILES string of the molecule is O=C1c2ccccc2/C2=C/OCCOCCN12. The van der Waals surface area contributed by atoms with Crippen molar-refractivity contribution in [2.24, 2.45) is 0 Å². The molecule has 2 heterocycles. The Morgan fingerprint density at radius 1 is 1.06 bits per heavy atom. The Morgan fingerprint density at radius 3 is 2.76 bits per heavy atom. The van der Waals surface area contributed by atoms with Crippen LogP contribution in [0, 0.1) is 0 Å². The summed E-state index contributed by atoms with van der Waals surface area (Å²) in [4.78, 5) is 13.9. The molecule has 0 saturated carbocycles. The maximum absolute atomic E-state index is 12.2. The van der Waals surface area contributed by atoms with Gasteiger partial charge in [0.15, 0.2) is 0 Å². The highest BCUT2D eigenvalue weighted by Gasteiger charge is 2.32. The molecule has 0 fully saturated rings. The van der Waals surface area contributed by atoms with Crippen LogP contribution in [0.1, 0.15) is 15.9 Å². The molecule has 2 aliphatic heterocycles. The fourth-order valence-electron chi connectivity index (χ4n) is 2.15. The van der Waals surface area contributed by atoms with Crippen LogP contribution in [0.2, 0.25) is 0 Å². The second-order valence-electron chi connectivity index (χ2n) is 3.99. The van der Waals surface area contributed by atoms with Crippen molar-refractivity contribution in [2.75, 3.05) is 26.4 Å². The molecule has 2 aliphatic rings. The summed E-state index contributed by atoms with van der Waals surface area (Å²) < 4.78 is 10.8. The maximum atomic E-state index is 12.2. The van der Waals surface area contributed by atoms with E-state index in [0.29, 0.717) is 26.4 Å². The number of hydrogen-bond donors (Lipinski definition) is 0. The highest BCUT2D eigenvalue weighted by atomic mass is 16.5. The number of amides is 1. The Labute approximate surface area is 99.4 Å². The van der Waals surface area contributed by atoms with Crippen LogP contribution in [0.3, 0.4) is 0 Å². The molecule has 17 heavy (non-hydrogen) atoms. The maximum Gasteiger partial charge on any atom is 0.259 e. The molecule has 4 heteroatoms. The summed E-state index contributed by atoms with van der Waals surface area (Å²) in [5.74, 6) is 0.0287. The Kier molecular flexibility index (Phi) is 2.57. The van der Waals surface area contributed by atoms with E-state index >= 15 is 0 Å². The first kappa shape index (κ1) is 10.4. The number of hydrogen-bond acceptors (Lipinski definition) is 3. The van der Waals surface area contributed by atoms with Crippen LogP contribution in [-0.4, -0.2) is 37.2 Å². The molecule has 1 amide bonds. The molecule has 0 spiro atoms. The quantitative estimate of drug-likeness (QED) is 0.679. The van der Waals surface area contributed by atoms with Crippen LogP contribution in [0.15, 0.2) is 30.5 Å². The van der Waals surface area contributed by atoms with Crippen molar-refractivity contribution in [3.63, 3.8) is 0 Å². The van der Waals surface area contributed by atoms with Gasteiger partial charge in [0.05, 0.1) is 18.9 Å². The van der Waals surface area contributed by atoms with Crippen LogP contribution >= 0.6 is 0 Å². The molecule has 0 aliphatic carbocycles. The number of ether oxygens (including phenoxy) is 2. The van der Waals surface area contributed by atoms with Crippen LogP contribution < -0.4 is 0 Å². The zero-order valence-electron chi connectivity index (χ0n) is 9.39. The standard InChI is InChI=1S/C13H13NO3/c15-13-11-4-2-1-3-10(11)12-9-17-8-7-16-6-5-14(12)13/h1-4,9H,5-8H2/b12-9-. The molecular formula is C13H13NO3. The fraction of sp³-hybridized carbons (Fsp3) is 0.308. The van der Waals surface area contributed by atoms with E-state index in [4.69, 9.17) is 9.47 Å². The largest absolute Gasteiger partial charge is 0.497 e. The lowest BCUT2D eigenvalue weighted by Gasteiger charge is -2.16. The van der Waals surface area contributed by atoms with E-state index in [9.17, 15) is 4.79 Å². The Balaban J connectivity index is 2.04. The molecule has 0 aromatic heterocycles. The normalized spacial score (nSPS) is 22.5. The highest BCUT2D eigenvalue weighted by molar-refractivity contribution is 6.09. The molecule has 0 saturated heterocycles. The van der Waals surface area contributed by atoms with Crippen molar-refractivity contribution >= 4 is 11.6 Å². The molecule has 0 atom stereocenters. The van der Waals surface area contributed by atoms with Gasteiger partial charge in [-0.1, -0.05) is 18.2 Å². The third-order valence-electron chi connectivity index (χ3n) is 2.97. The summed E-state index contributed by atoms with van der Waals surface area (Å²) in [6, 6.07) is 7.60. The van der Waals surface area contributed by atoms with Gasteiger partial charge in [-0.05, 0) is 6.07 Å². The first-order valence-electron chi connectivity index (χ1n) is 5.69. The average Bonchev–Trinajstić information content (AvgIpc) is 2.69. The second-order valence-corrected chi connectivity index (χ2v) is 3.99. The van der Waals surface area contributed by atoms with E-state index in [1.807, 2.05) is 24.3 Å². The van der Waals surface area contributed by atoms with Gasteiger partial charge in [0.1, 0.15) is 12.9 Å². The third-order valence-corrected chi connectivity index (χ3v) is 2.97. The van der Waals surface area contributed by atoms with Crippen molar-refractivity contribution in [3.05, 3.63) is 41.7 Å². The van der Waals surface area contributed by atoms with Gasteiger partial charge < -0.3 is 14.4 Å². The van der Waals surface area contributed by atoms with Gasteiger partial charge >= 0.3 is 0 Å². The number of fused-ring (bicyclic) bond motifs is 3. The van der Waals surface area contributed by atoms with Crippen LogP contribution in [0.5, 0.6) is 0 Å².